The molecule has 0 rings (SSSR count). The third kappa shape index (κ3) is 25.9. The summed E-state index contributed by atoms with van der Waals surface area (Å²) in [5.41, 5.74) is 0. The minimum atomic E-state index is 1.08. The van der Waals surface area contributed by atoms with Crippen LogP contribution in [0, 0.1) is 0 Å². The van der Waals surface area contributed by atoms with Gasteiger partial charge in [-0.05, 0) is 19.8 Å². The molecular weight excluding hydrogens is 120 g/mol. The lowest BCUT2D eigenvalue weighted by Crippen LogP contribution is -1.55. The topological polar surface area (TPSA) is 0 Å². The first-order valence-electron chi connectivity index (χ1n) is 4.05. The van der Waals surface area contributed by atoms with Crippen molar-refractivity contribution in [1.82, 2.24) is 0 Å². The normalized spacial score (nSPS) is 8.70. The molecule has 0 nitrogen and oxygen atoms in total. The number of unbranched alkanes of at least 4 members (excludes halogenated alkanes) is 1. The summed E-state index contributed by atoms with van der Waals surface area (Å²) in [4.78, 5) is 0. The van der Waals surface area contributed by atoms with Gasteiger partial charge in [0.1, 0.15) is 0 Å². The minimum absolute atomic E-state index is 1.08. The summed E-state index contributed by atoms with van der Waals surface area (Å²) >= 11 is 0. The third-order valence-electron chi connectivity index (χ3n) is 0.980. The number of rotatable bonds is 3. The van der Waals surface area contributed by atoms with Crippen LogP contribution in [0.1, 0.15) is 40.0 Å². The Bertz CT molecular complexity index is 70.1. The van der Waals surface area contributed by atoms with E-state index in [4.69, 9.17) is 0 Å². The molecule has 10 heavy (non-hydrogen) atoms. The standard InChI is InChI=1S/C6H12.C4H8/c1-3-5-6-4-2;1-3-4-2/h3,5H,4,6H2,1-2H3;3H,1,4H2,2H3/b5-3+;. The molecule has 0 fully saturated rings. The molecule has 60 valence electrons. The van der Waals surface area contributed by atoms with Crippen LogP contribution in [0.25, 0.3) is 0 Å². The maximum atomic E-state index is 3.48. The van der Waals surface area contributed by atoms with E-state index in [2.05, 4.69) is 39.5 Å². The van der Waals surface area contributed by atoms with Crippen molar-refractivity contribution in [3.8, 4) is 0 Å². The van der Waals surface area contributed by atoms with E-state index in [1.165, 1.54) is 12.8 Å². The predicted molar refractivity (Wildman–Crippen MR) is 50.2 cm³/mol. The maximum absolute atomic E-state index is 3.48. The van der Waals surface area contributed by atoms with Crippen LogP contribution in [0.15, 0.2) is 24.8 Å². The highest BCUT2D eigenvalue weighted by Gasteiger charge is 1.64. The quantitative estimate of drug-likeness (QED) is 0.521. The van der Waals surface area contributed by atoms with Gasteiger partial charge >= 0.3 is 0 Å². The van der Waals surface area contributed by atoms with Crippen LogP contribution in [-0.4, -0.2) is 0 Å². The van der Waals surface area contributed by atoms with E-state index in [1.54, 1.807) is 0 Å². The van der Waals surface area contributed by atoms with Crippen LogP contribution in [0.5, 0.6) is 0 Å². The van der Waals surface area contributed by atoms with E-state index in [0.717, 1.165) is 6.42 Å². The Morgan fingerprint density at radius 1 is 1.30 bits per heavy atom. The second kappa shape index (κ2) is 15.8. The minimum Gasteiger partial charge on any atom is -0.103 e. The van der Waals surface area contributed by atoms with Gasteiger partial charge in [-0.2, -0.15) is 0 Å². The molecule has 0 atom stereocenters. The summed E-state index contributed by atoms with van der Waals surface area (Å²) in [6.45, 7) is 9.77. The molecule has 0 N–H and O–H groups in total. The third-order valence-corrected chi connectivity index (χ3v) is 0.980. The SMILES string of the molecule is C/C=C/CCC.C=CCC. The van der Waals surface area contributed by atoms with Crippen LogP contribution < -0.4 is 0 Å². The van der Waals surface area contributed by atoms with Gasteiger partial charge in [0.25, 0.3) is 0 Å². The molecule has 0 aliphatic carbocycles. The lowest BCUT2D eigenvalue weighted by Gasteiger charge is -1.76. The average Bonchev–Trinajstić information content (AvgIpc) is 2.01. The van der Waals surface area contributed by atoms with Crippen molar-refractivity contribution in [2.75, 3.05) is 0 Å². The molecule has 0 radical (unpaired) electrons. The zero-order valence-electron chi connectivity index (χ0n) is 7.56. The average molecular weight is 140 g/mol. The van der Waals surface area contributed by atoms with Gasteiger partial charge in [0, 0.05) is 0 Å². The van der Waals surface area contributed by atoms with E-state index in [-0.39, 0.29) is 0 Å². The van der Waals surface area contributed by atoms with Gasteiger partial charge in [-0.25, -0.2) is 0 Å². The van der Waals surface area contributed by atoms with Gasteiger partial charge in [-0.15, -0.1) is 6.58 Å². The molecule has 0 aliphatic heterocycles. The Morgan fingerprint density at radius 3 is 1.90 bits per heavy atom. The van der Waals surface area contributed by atoms with Gasteiger partial charge in [0.15, 0.2) is 0 Å². The zero-order chi connectivity index (χ0) is 8.24. The molecule has 0 aromatic heterocycles. The van der Waals surface area contributed by atoms with Gasteiger partial charge < -0.3 is 0 Å². The molecule has 0 unspecified atom stereocenters. The molecule has 0 saturated carbocycles. The monoisotopic (exact) mass is 140 g/mol. The lowest BCUT2D eigenvalue weighted by atomic mass is 10.3. The molecule has 0 heteroatoms. The highest BCUT2D eigenvalue weighted by Crippen LogP contribution is 1.85. The highest BCUT2D eigenvalue weighted by atomic mass is 13.7. The summed E-state index contributed by atoms with van der Waals surface area (Å²) < 4.78 is 0. The van der Waals surface area contributed by atoms with E-state index >= 15 is 0 Å². The Hall–Kier alpha value is -0.520. The van der Waals surface area contributed by atoms with Gasteiger partial charge in [-0.1, -0.05) is 38.5 Å². The molecule has 0 aromatic rings. The zero-order valence-corrected chi connectivity index (χ0v) is 7.56. The summed E-state index contributed by atoms with van der Waals surface area (Å²) in [5.74, 6) is 0. The first kappa shape index (κ1) is 12.2. The van der Waals surface area contributed by atoms with Gasteiger partial charge in [0.05, 0.1) is 0 Å². The lowest BCUT2D eigenvalue weighted by molar-refractivity contribution is 0.957. The smallest absolute Gasteiger partial charge is 0.0353 e. The van der Waals surface area contributed by atoms with Crippen LogP contribution in [0.3, 0.4) is 0 Å². The molecule has 0 heterocycles. The number of hydrogen-bond acceptors (Lipinski definition) is 0. The summed E-state index contributed by atoms with van der Waals surface area (Å²) in [6.07, 6.45) is 9.73. The van der Waals surface area contributed by atoms with Crippen molar-refractivity contribution >= 4 is 0 Å². The van der Waals surface area contributed by atoms with Crippen LogP contribution in [0.4, 0.5) is 0 Å². The summed E-state index contributed by atoms with van der Waals surface area (Å²) in [5, 5.41) is 0. The van der Waals surface area contributed by atoms with Crippen LogP contribution >= 0.6 is 0 Å². The summed E-state index contributed by atoms with van der Waals surface area (Å²) in [6, 6.07) is 0. The Labute approximate surface area is 65.7 Å². The second-order valence-electron chi connectivity index (χ2n) is 2.05. The molecule has 0 aromatic carbocycles. The van der Waals surface area contributed by atoms with Crippen molar-refractivity contribution in [2.24, 2.45) is 0 Å². The molecule has 0 aliphatic rings. The molecule has 0 spiro atoms. The van der Waals surface area contributed by atoms with E-state index in [9.17, 15) is 0 Å². The van der Waals surface area contributed by atoms with E-state index in [1.807, 2.05) is 6.08 Å². The van der Waals surface area contributed by atoms with Gasteiger partial charge in [-0.3, -0.25) is 0 Å². The van der Waals surface area contributed by atoms with Crippen molar-refractivity contribution in [3.05, 3.63) is 24.8 Å². The number of allylic oxidation sites excluding steroid dienone is 3. The molecule has 0 saturated heterocycles. The van der Waals surface area contributed by atoms with Crippen molar-refractivity contribution in [2.45, 2.75) is 40.0 Å². The molecule has 0 amide bonds. The Balaban J connectivity index is 0. The largest absolute Gasteiger partial charge is 0.103 e. The Kier molecular flexibility index (Phi) is 19.3. The fourth-order valence-electron chi connectivity index (χ4n) is 0.333. The van der Waals surface area contributed by atoms with Crippen molar-refractivity contribution in [1.29, 1.82) is 0 Å². The molecular formula is C10H20. The summed E-state index contributed by atoms with van der Waals surface area (Å²) in [7, 11) is 0. The van der Waals surface area contributed by atoms with Crippen molar-refractivity contribution in [3.63, 3.8) is 0 Å². The maximum Gasteiger partial charge on any atom is -0.0353 e. The predicted octanol–water partition coefficient (Wildman–Crippen LogP) is 3.95. The fourth-order valence-corrected chi connectivity index (χ4v) is 0.333. The fraction of sp³-hybridized carbons (Fsp3) is 0.600. The Morgan fingerprint density at radius 2 is 1.80 bits per heavy atom. The second-order valence-corrected chi connectivity index (χ2v) is 2.05. The first-order valence-corrected chi connectivity index (χ1v) is 4.05. The van der Waals surface area contributed by atoms with Crippen LogP contribution in [-0.2, 0) is 0 Å². The van der Waals surface area contributed by atoms with Crippen molar-refractivity contribution < 1.29 is 0 Å². The van der Waals surface area contributed by atoms with Crippen LogP contribution in [0.2, 0.25) is 0 Å². The van der Waals surface area contributed by atoms with Gasteiger partial charge in [0.2, 0.25) is 0 Å². The molecule has 0 bridgehead atoms. The number of hydrogen-bond donors (Lipinski definition) is 0. The first-order chi connectivity index (χ1) is 4.83. The van der Waals surface area contributed by atoms with E-state index < -0.39 is 0 Å². The van der Waals surface area contributed by atoms with E-state index in [0.29, 0.717) is 0 Å². The highest BCUT2D eigenvalue weighted by molar-refractivity contribution is 4.75.